The quantitative estimate of drug-likeness (QED) is 0.805. The van der Waals surface area contributed by atoms with E-state index in [1.807, 2.05) is 0 Å². The average molecular weight is 266 g/mol. The second-order valence-corrected chi connectivity index (χ2v) is 4.50. The minimum atomic E-state index is -4.20. The molecule has 0 aromatic carbocycles. The van der Waals surface area contributed by atoms with Crippen LogP contribution in [0, 0.1) is 0 Å². The summed E-state index contributed by atoms with van der Waals surface area (Å²) in [7, 11) is 0. The number of carbonyl (C=O) groups excluding carboxylic acids is 1. The van der Waals surface area contributed by atoms with Crippen molar-refractivity contribution in [2.45, 2.75) is 31.9 Å². The Bertz CT molecular complexity index is 376. The smallest absolute Gasteiger partial charge is 0.330 e. The largest absolute Gasteiger partial charge is 0.389 e. The van der Waals surface area contributed by atoms with Gasteiger partial charge in [-0.2, -0.15) is 13.2 Å². The molecule has 0 radical (unpaired) electrons. The molecule has 0 spiro atoms. The fraction of sp³-hybridized carbons (Fsp3) is 0.600. The predicted octanol–water partition coefficient (Wildman–Crippen LogP) is 2.56. The fourth-order valence-electron chi connectivity index (χ4n) is 1.25. The highest BCUT2D eigenvalue weighted by Gasteiger charge is 2.26. The number of rotatable bonds is 6. The van der Waals surface area contributed by atoms with E-state index in [9.17, 15) is 18.0 Å². The Labute approximate surface area is 101 Å². The van der Waals surface area contributed by atoms with E-state index in [1.165, 1.54) is 11.3 Å². The summed E-state index contributed by atoms with van der Waals surface area (Å²) in [4.78, 5) is 15.5. The van der Waals surface area contributed by atoms with Crippen LogP contribution in [0.3, 0.4) is 0 Å². The van der Waals surface area contributed by atoms with Crippen molar-refractivity contribution < 1.29 is 18.0 Å². The Balaban J connectivity index is 2.41. The summed E-state index contributed by atoms with van der Waals surface area (Å²) >= 11 is 1.31. The zero-order chi connectivity index (χ0) is 12.9. The topological polar surface area (TPSA) is 56.0 Å². The van der Waals surface area contributed by atoms with Crippen LogP contribution in [0.5, 0.6) is 0 Å². The molecular weight excluding hydrogens is 253 g/mol. The van der Waals surface area contributed by atoms with Gasteiger partial charge < -0.3 is 5.73 Å². The molecule has 7 heteroatoms. The first kappa shape index (κ1) is 14.1. The second kappa shape index (κ2) is 6.11. The summed E-state index contributed by atoms with van der Waals surface area (Å²) < 4.78 is 35.6. The van der Waals surface area contributed by atoms with Gasteiger partial charge in [-0.15, -0.1) is 11.3 Å². The van der Waals surface area contributed by atoms with Gasteiger partial charge in [-0.1, -0.05) is 0 Å². The van der Waals surface area contributed by atoms with Crippen molar-refractivity contribution in [3.63, 3.8) is 0 Å². The lowest BCUT2D eigenvalue weighted by atomic mass is 10.1. The van der Waals surface area contributed by atoms with E-state index in [1.54, 1.807) is 5.38 Å². The van der Waals surface area contributed by atoms with Gasteiger partial charge in [-0.3, -0.25) is 4.79 Å². The summed E-state index contributed by atoms with van der Waals surface area (Å²) in [6, 6.07) is 0. The van der Waals surface area contributed by atoms with Crippen LogP contribution in [0.4, 0.5) is 13.2 Å². The molecular formula is C10H13F3N2OS. The van der Waals surface area contributed by atoms with Crippen LogP contribution in [0.2, 0.25) is 0 Å². The lowest BCUT2D eigenvalue weighted by Crippen LogP contribution is -2.09. The molecule has 96 valence electrons. The highest BCUT2D eigenvalue weighted by atomic mass is 32.1. The molecule has 0 unspecified atom stereocenters. The summed E-state index contributed by atoms with van der Waals surface area (Å²) in [5.74, 6) is -0.339. The Hall–Kier alpha value is -0.950. The van der Waals surface area contributed by atoms with Crippen molar-refractivity contribution in [2.24, 2.45) is 5.73 Å². The first-order valence-electron chi connectivity index (χ1n) is 5.17. The second-order valence-electron chi connectivity index (χ2n) is 3.56. The van der Waals surface area contributed by atoms with Gasteiger partial charge in [0, 0.05) is 24.6 Å². The van der Waals surface area contributed by atoms with Crippen molar-refractivity contribution in [3.8, 4) is 0 Å². The summed E-state index contributed by atoms with van der Waals surface area (Å²) in [5.41, 5.74) is 5.58. The predicted molar refractivity (Wildman–Crippen MR) is 59.1 cm³/mol. The highest BCUT2D eigenvalue weighted by molar-refractivity contribution is 7.09. The number of thiazole rings is 1. The third-order valence-electron chi connectivity index (χ3n) is 2.06. The van der Waals surface area contributed by atoms with E-state index in [0.717, 1.165) is 5.01 Å². The summed E-state index contributed by atoms with van der Waals surface area (Å²) in [6.07, 6.45) is -4.86. The third-order valence-corrected chi connectivity index (χ3v) is 2.97. The van der Waals surface area contributed by atoms with Gasteiger partial charge in [0.05, 0.1) is 5.01 Å². The molecule has 0 aliphatic heterocycles. The minimum Gasteiger partial charge on any atom is -0.330 e. The van der Waals surface area contributed by atoms with E-state index >= 15 is 0 Å². The van der Waals surface area contributed by atoms with Crippen LogP contribution in [-0.2, 0) is 6.42 Å². The van der Waals surface area contributed by atoms with Crippen molar-refractivity contribution in [2.75, 3.05) is 6.54 Å². The Morgan fingerprint density at radius 1 is 1.47 bits per heavy atom. The number of halogens is 3. The van der Waals surface area contributed by atoms with Crippen molar-refractivity contribution >= 4 is 17.1 Å². The van der Waals surface area contributed by atoms with E-state index in [0.29, 0.717) is 13.0 Å². The van der Waals surface area contributed by atoms with Gasteiger partial charge >= 0.3 is 6.18 Å². The SMILES string of the molecule is NCCc1nc(C(=O)CCCC(F)(F)F)cs1. The molecule has 1 aromatic rings. The van der Waals surface area contributed by atoms with Crippen molar-refractivity contribution in [1.82, 2.24) is 4.98 Å². The molecule has 0 fully saturated rings. The number of aromatic nitrogens is 1. The summed E-state index contributed by atoms with van der Waals surface area (Å²) in [6.45, 7) is 0.440. The van der Waals surface area contributed by atoms with Crippen molar-refractivity contribution in [1.29, 1.82) is 0 Å². The van der Waals surface area contributed by atoms with Crippen LogP contribution in [-0.4, -0.2) is 23.5 Å². The van der Waals surface area contributed by atoms with E-state index in [4.69, 9.17) is 5.73 Å². The first-order chi connectivity index (χ1) is 7.92. The summed E-state index contributed by atoms with van der Waals surface area (Å²) in [5, 5.41) is 2.31. The maximum Gasteiger partial charge on any atom is 0.389 e. The number of alkyl halides is 3. The number of hydrogen-bond acceptors (Lipinski definition) is 4. The molecule has 0 atom stereocenters. The van der Waals surface area contributed by atoms with Crippen LogP contribution in [0.1, 0.15) is 34.8 Å². The first-order valence-corrected chi connectivity index (χ1v) is 6.05. The normalized spacial score (nSPS) is 11.8. The Morgan fingerprint density at radius 2 is 2.18 bits per heavy atom. The molecule has 0 saturated heterocycles. The molecule has 17 heavy (non-hydrogen) atoms. The number of hydrogen-bond donors (Lipinski definition) is 1. The third kappa shape index (κ3) is 5.27. The van der Waals surface area contributed by atoms with E-state index in [2.05, 4.69) is 4.98 Å². The van der Waals surface area contributed by atoms with Gasteiger partial charge in [0.1, 0.15) is 5.69 Å². The number of ketones is 1. The average Bonchev–Trinajstić information content (AvgIpc) is 2.65. The molecule has 0 aliphatic carbocycles. The lowest BCUT2D eigenvalue weighted by molar-refractivity contribution is -0.135. The van der Waals surface area contributed by atoms with E-state index in [-0.39, 0.29) is 24.3 Å². The molecule has 1 rings (SSSR count). The maximum atomic E-state index is 11.9. The highest BCUT2D eigenvalue weighted by Crippen LogP contribution is 2.23. The van der Waals surface area contributed by atoms with Gasteiger partial charge in [0.2, 0.25) is 0 Å². The molecule has 1 heterocycles. The van der Waals surface area contributed by atoms with Crippen LogP contribution in [0.15, 0.2) is 5.38 Å². The van der Waals surface area contributed by atoms with Crippen LogP contribution >= 0.6 is 11.3 Å². The molecule has 3 nitrogen and oxygen atoms in total. The standard InChI is InChI=1S/C10H13F3N2OS/c11-10(12,13)4-1-2-8(16)7-6-17-9(15-7)3-5-14/h6H,1-5,14H2. The molecule has 0 amide bonds. The minimum absolute atomic E-state index is 0.120. The van der Waals surface area contributed by atoms with Gasteiger partial charge in [-0.05, 0) is 13.0 Å². The number of nitrogens with two attached hydrogens (primary N) is 1. The number of nitrogens with zero attached hydrogens (tertiary/aromatic N) is 1. The van der Waals surface area contributed by atoms with Gasteiger partial charge in [-0.25, -0.2) is 4.98 Å². The molecule has 2 N–H and O–H groups in total. The van der Waals surface area contributed by atoms with Crippen LogP contribution in [0.25, 0.3) is 0 Å². The van der Waals surface area contributed by atoms with E-state index < -0.39 is 12.6 Å². The molecule has 0 aliphatic rings. The van der Waals surface area contributed by atoms with Crippen LogP contribution < -0.4 is 5.73 Å². The number of carbonyl (C=O) groups is 1. The van der Waals surface area contributed by atoms with Gasteiger partial charge in [0.15, 0.2) is 5.78 Å². The molecule has 0 bridgehead atoms. The lowest BCUT2D eigenvalue weighted by Gasteiger charge is -2.04. The maximum absolute atomic E-state index is 11.9. The Kier molecular flexibility index (Phi) is 5.07. The van der Waals surface area contributed by atoms with Crippen molar-refractivity contribution in [3.05, 3.63) is 16.1 Å². The van der Waals surface area contributed by atoms with Gasteiger partial charge in [0.25, 0.3) is 0 Å². The number of Topliss-reactive ketones (excluding diaryl/α,β-unsaturated/α-hetero) is 1. The molecule has 0 saturated carbocycles. The monoisotopic (exact) mass is 266 g/mol. The zero-order valence-corrected chi connectivity index (χ0v) is 9.90. The Morgan fingerprint density at radius 3 is 2.76 bits per heavy atom. The molecule has 1 aromatic heterocycles. The zero-order valence-electron chi connectivity index (χ0n) is 9.09. The fourth-order valence-corrected chi connectivity index (χ4v) is 2.07.